The zero-order valence-corrected chi connectivity index (χ0v) is 18.9. The van der Waals surface area contributed by atoms with Gasteiger partial charge in [0, 0.05) is 26.7 Å². The van der Waals surface area contributed by atoms with E-state index >= 15 is 0 Å². The second-order valence-electron chi connectivity index (χ2n) is 5.99. The van der Waals surface area contributed by atoms with Gasteiger partial charge < -0.3 is 21.1 Å². The smallest absolute Gasteiger partial charge is 0.191 e. The number of nitriles is 1. The summed E-state index contributed by atoms with van der Waals surface area (Å²) in [4.78, 5) is 4.50. The Morgan fingerprint density at radius 1 is 1.34 bits per heavy atom. The number of guanidine groups is 1. The van der Waals surface area contributed by atoms with Gasteiger partial charge in [-0.25, -0.2) is 9.07 Å². The summed E-state index contributed by atoms with van der Waals surface area (Å²) in [5, 5.41) is 20.2. The number of nitrogens with zero attached hydrogens (tertiary/aromatic N) is 4. The van der Waals surface area contributed by atoms with Crippen LogP contribution in [-0.4, -0.2) is 49.1 Å². The third-order valence-electron chi connectivity index (χ3n) is 3.96. The molecule has 0 aliphatic heterocycles. The number of methoxy groups -OCH3 is 1. The summed E-state index contributed by atoms with van der Waals surface area (Å²) in [6.45, 7) is 4.58. The molecule has 1 heterocycles. The van der Waals surface area contributed by atoms with Crippen molar-refractivity contribution in [1.82, 2.24) is 20.4 Å². The van der Waals surface area contributed by atoms with Gasteiger partial charge in [-0.05, 0) is 44.0 Å². The van der Waals surface area contributed by atoms with Crippen LogP contribution in [0.2, 0.25) is 0 Å². The number of nitrogen functional groups attached to an aromatic ring is 1. The van der Waals surface area contributed by atoms with Crippen LogP contribution in [0.4, 0.5) is 10.2 Å². The summed E-state index contributed by atoms with van der Waals surface area (Å²) in [7, 11) is 1.65. The number of nitrogens with two attached hydrogens (primary N) is 1. The lowest BCUT2D eigenvalue weighted by Gasteiger charge is -2.10. The highest BCUT2D eigenvalue weighted by atomic mass is 127. The van der Waals surface area contributed by atoms with E-state index in [2.05, 4.69) is 26.8 Å². The molecular weight excluding hydrogens is 488 g/mol. The van der Waals surface area contributed by atoms with Gasteiger partial charge in [0.25, 0.3) is 0 Å². The largest absolute Gasteiger partial charge is 0.383 e. The Labute approximate surface area is 187 Å². The van der Waals surface area contributed by atoms with Gasteiger partial charge >= 0.3 is 0 Å². The van der Waals surface area contributed by atoms with E-state index in [-0.39, 0.29) is 35.6 Å². The Morgan fingerprint density at radius 2 is 2.07 bits per heavy atom. The molecule has 0 amide bonds. The summed E-state index contributed by atoms with van der Waals surface area (Å²) in [5.74, 6) is 0.627. The molecule has 1 aromatic carbocycles. The second kappa shape index (κ2) is 12.9. The third-order valence-corrected chi connectivity index (χ3v) is 3.96. The Kier molecular flexibility index (Phi) is 11.0. The standard InChI is InChI=1S/C19H26FN7O.HI/c1-3-23-19(25-11-12-28-2)24-10-4-5-17-16(13-21)18(22)27(26-17)15-8-6-14(20)7-9-15;/h6-9H,3-5,10-12,22H2,1-2H3,(H2,23,24,25);1H. The molecule has 0 radical (unpaired) electrons. The summed E-state index contributed by atoms with van der Waals surface area (Å²) >= 11 is 0. The van der Waals surface area contributed by atoms with Crippen molar-refractivity contribution in [3.63, 3.8) is 0 Å². The maximum atomic E-state index is 13.1. The Hall–Kier alpha value is -2.39. The van der Waals surface area contributed by atoms with E-state index < -0.39 is 0 Å². The van der Waals surface area contributed by atoms with Crippen molar-refractivity contribution < 1.29 is 9.13 Å². The molecule has 0 bridgehead atoms. The fourth-order valence-electron chi connectivity index (χ4n) is 2.60. The average molecular weight is 515 g/mol. The molecule has 2 rings (SSSR count). The van der Waals surface area contributed by atoms with Gasteiger partial charge in [0.05, 0.1) is 18.0 Å². The van der Waals surface area contributed by atoms with Crippen molar-refractivity contribution >= 4 is 35.8 Å². The van der Waals surface area contributed by atoms with E-state index in [0.717, 1.165) is 12.5 Å². The number of nitrogens with one attached hydrogen (secondary N) is 2. The van der Waals surface area contributed by atoms with Crippen LogP contribution in [0.3, 0.4) is 0 Å². The quantitative estimate of drug-likeness (QED) is 0.204. The summed E-state index contributed by atoms with van der Waals surface area (Å²) < 4.78 is 19.6. The number of rotatable bonds is 9. The summed E-state index contributed by atoms with van der Waals surface area (Å²) in [6, 6.07) is 7.91. The average Bonchev–Trinajstić information content (AvgIpc) is 3.01. The minimum Gasteiger partial charge on any atom is -0.383 e. The minimum atomic E-state index is -0.344. The van der Waals surface area contributed by atoms with Gasteiger partial charge in [0.2, 0.25) is 0 Å². The first-order valence-corrected chi connectivity index (χ1v) is 9.15. The Balaban J connectivity index is 0.00000420. The fourth-order valence-corrected chi connectivity index (χ4v) is 2.60. The second-order valence-corrected chi connectivity index (χ2v) is 5.99. The van der Waals surface area contributed by atoms with Crippen molar-refractivity contribution in [2.75, 3.05) is 39.1 Å². The van der Waals surface area contributed by atoms with E-state index in [0.29, 0.717) is 49.5 Å². The topological polar surface area (TPSA) is 113 Å². The number of anilines is 1. The van der Waals surface area contributed by atoms with E-state index in [9.17, 15) is 9.65 Å². The van der Waals surface area contributed by atoms with Crippen LogP contribution < -0.4 is 16.4 Å². The van der Waals surface area contributed by atoms with Gasteiger partial charge in [-0.2, -0.15) is 10.4 Å². The molecule has 2 aromatic rings. The molecule has 0 saturated heterocycles. The lowest BCUT2D eigenvalue weighted by molar-refractivity contribution is 0.203. The molecule has 10 heteroatoms. The van der Waals surface area contributed by atoms with Crippen molar-refractivity contribution in [1.29, 1.82) is 5.26 Å². The van der Waals surface area contributed by atoms with E-state index in [1.165, 1.54) is 16.8 Å². The van der Waals surface area contributed by atoms with Crippen LogP contribution in [0.25, 0.3) is 5.69 Å². The van der Waals surface area contributed by atoms with Crippen molar-refractivity contribution in [2.24, 2.45) is 4.99 Å². The first kappa shape index (κ1) is 24.6. The van der Waals surface area contributed by atoms with Gasteiger partial charge in [-0.15, -0.1) is 24.0 Å². The monoisotopic (exact) mass is 515 g/mol. The van der Waals surface area contributed by atoms with Crippen LogP contribution in [0.1, 0.15) is 24.6 Å². The number of hydrogen-bond donors (Lipinski definition) is 3. The number of halogens is 2. The van der Waals surface area contributed by atoms with E-state index in [4.69, 9.17) is 10.5 Å². The summed E-state index contributed by atoms with van der Waals surface area (Å²) in [6.07, 6.45) is 1.26. The van der Waals surface area contributed by atoms with E-state index in [1.807, 2.05) is 6.92 Å². The molecule has 0 saturated carbocycles. The maximum Gasteiger partial charge on any atom is 0.191 e. The number of hydrogen-bond acceptors (Lipinski definition) is 5. The highest BCUT2D eigenvalue weighted by molar-refractivity contribution is 14.0. The molecule has 29 heavy (non-hydrogen) atoms. The van der Waals surface area contributed by atoms with Gasteiger partial charge in [-0.1, -0.05) is 0 Å². The molecule has 0 aliphatic rings. The van der Waals surface area contributed by atoms with Gasteiger partial charge in [-0.3, -0.25) is 4.99 Å². The molecule has 0 spiro atoms. The van der Waals surface area contributed by atoms with Crippen LogP contribution >= 0.6 is 24.0 Å². The number of benzene rings is 1. The van der Waals surface area contributed by atoms with E-state index in [1.54, 1.807) is 19.2 Å². The zero-order valence-electron chi connectivity index (χ0n) is 16.6. The predicted molar refractivity (Wildman–Crippen MR) is 122 cm³/mol. The van der Waals surface area contributed by atoms with Gasteiger partial charge in [0.15, 0.2) is 5.96 Å². The number of aliphatic imine (C=N–C) groups is 1. The minimum absolute atomic E-state index is 0. The zero-order chi connectivity index (χ0) is 20.4. The Bertz CT molecular complexity index is 830. The molecule has 158 valence electrons. The fraction of sp³-hybridized carbons (Fsp3) is 0.421. The summed E-state index contributed by atoms with van der Waals surface area (Å²) in [5.41, 5.74) is 7.63. The Morgan fingerprint density at radius 3 is 2.69 bits per heavy atom. The molecule has 0 atom stereocenters. The van der Waals surface area contributed by atoms with Crippen molar-refractivity contribution in [3.8, 4) is 11.8 Å². The van der Waals surface area contributed by atoms with Crippen LogP contribution in [0.15, 0.2) is 29.3 Å². The molecule has 0 unspecified atom stereocenters. The maximum absolute atomic E-state index is 13.1. The lowest BCUT2D eigenvalue weighted by atomic mass is 10.1. The first-order chi connectivity index (χ1) is 13.6. The molecular formula is C19H27FIN7O. The molecule has 1 aromatic heterocycles. The highest BCUT2D eigenvalue weighted by Crippen LogP contribution is 2.21. The van der Waals surface area contributed by atoms with Crippen molar-refractivity contribution in [3.05, 3.63) is 41.3 Å². The third kappa shape index (κ3) is 7.17. The molecule has 8 nitrogen and oxygen atoms in total. The van der Waals surface area contributed by atoms with Crippen LogP contribution in [0, 0.1) is 17.1 Å². The normalized spacial score (nSPS) is 10.9. The molecule has 0 aliphatic carbocycles. The number of ether oxygens (including phenoxy) is 1. The molecule has 0 fully saturated rings. The number of aryl methyl sites for hydroxylation is 1. The van der Waals surface area contributed by atoms with Crippen molar-refractivity contribution in [2.45, 2.75) is 19.8 Å². The number of aromatic nitrogens is 2. The van der Waals surface area contributed by atoms with Gasteiger partial charge in [0.1, 0.15) is 23.3 Å². The highest BCUT2D eigenvalue weighted by Gasteiger charge is 2.16. The first-order valence-electron chi connectivity index (χ1n) is 9.15. The SMILES string of the molecule is CCNC(=NCCCc1nn(-c2ccc(F)cc2)c(N)c1C#N)NCCOC.I. The van der Waals surface area contributed by atoms with Crippen LogP contribution in [-0.2, 0) is 11.2 Å². The lowest BCUT2D eigenvalue weighted by Crippen LogP contribution is -2.39. The van der Waals surface area contributed by atoms with Crippen LogP contribution in [0.5, 0.6) is 0 Å². The molecule has 4 N–H and O–H groups in total. The predicted octanol–water partition coefficient (Wildman–Crippen LogP) is 2.22.